The van der Waals surface area contributed by atoms with Gasteiger partial charge in [0.2, 0.25) is 0 Å². The van der Waals surface area contributed by atoms with E-state index in [2.05, 4.69) is 6.92 Å². The lowest BCUT2D eigenvalue weighted by molar-refractivity contribution is -0.158. The van der Waals surface area contributed by atoms with Crippen LogP contribution < -0.4 is 0 Å². The number of Topliss-reactive ketones (excluding diaryl/α,β-unsaturated/α-hetero) is 1. The second kappa shape index (κ2) is 3.82. The molecule has 0 spiro atoms. The molecule has 0 amide bonds. The summed E-state index contributed by atoms with van der Waals surface area (Å²) in [5.74, 6) is 0.946. The van der Waals surface area contributed by atoms with Gasteiger partial charge in [-0.25, -0.2) is 0 Å². The van der Waals surface area contributed by atoms with Crippen molar-refractivity contribution in [2.24, 2.45) is 29.1 Å². The van der Waals surface area contributed by atoms with Crippen LogP contribution in [0, 0.1) is 29.1 Å². The van der Waals surface area contributed by atoms with E-state index in [1.165, 1.54) is 0 Å². The number of esters is 1. The molecule has 3 rings (SSSR count). The summed E-state index contributed by atoms with van der Waals surface area (Å²) in [6, 6.07) is 0. The number of ketones is 1. The van der Waals surface area contributed by atoms with Crippen LogP contribution in [0.3, 0.4) is 0 Å². The zero-order valence-corrected chi connectivity index (χ0v) is 11.4. The molecule has 3 heteroatoms. The largest absolute Gasteiger partial charge is 0.461 e. The highest BCUT2D eigenvalue weighted by molar-refractivity contribution is 5.82. The summed E-state index contributed by atoms with van der Waals surface area (Å²) in [6.45, 7) is 6.29. The lowest BCUT2D eigenvalue weighted by Gasteiger charge is -2.51. The van der Waals surface area contributed by atoms with Gasteiger partial charge in [0.05, 0.1) is 5.92 Å². The first-order valence-electron chi connectivity index (χ1n) is 7.17. The highest BCUT2D eigenvalue weighted by Gasteiger charge is 2.58. The molecule has 0 aromatic rings. The van der Waals surface area contributed by atoms with E-state index < -0.39 is 0 Å². The van der Waals surface area contributed by atoms with E-state index in [0.29, 0.717) is 18.1 Å². The molecule has 100 valence electrons. The maximum Gasteiger partial charge on any atom is 0.309 e. The minimum Gasteiger partial charge on any atom is -0.461 e. The standard InChI is InChI=1S/C15H22O3/c1-8-10-4-6-15(3)7-5-11(16)9(2)12(15)13(10)18-14(8)17/h8-10,12-13H,4-7H2,1-3H3/t8-,9+,10+,12+,13+,15+/m1/s1. The average molecular weight is 250 g/mol. The van der Waals surface area contributed by atoms with E-state index in [1.807, 2.05) is 13.8 Å². The highest BCUT2D eigenvalue weighted by atomic mass is 16.6. The Morgan fingerprint density at radius 3 is 2.61 bits per heavy atom. The van der Waals surface area contributed by atoms with Crippen molar-refractivity contribution >= 4 is 11.8 Å². The Morgan fingerprint density at radius 1 is 1.17 bits per heavy atom. The molecule has 0 bridgehead atoms. The molecule has 1 saturated heterocycles. The van der Waals surface area contributed by atoms with Gasteiger partial charge >= 0.3 is 5.97 Å². The van der Waals surface area contributed by atoms with Crippen molar-refractivity contribution in [3.63, 3.8) is 0 Å². The predicted molar refractivity (Wildman–Crippen MR) is 66.8 cm³/mol. The molecule has 6 atom stereocenters. The van der Waals surface area contributed by atoms with Crippen molar-refractivity contribution < 1.29 is 14.3 Å². The number of hydrogen-bond donors (Lipinski definition) is 0. The molecule has 0 radical (unpaired) electrons. The smallest absolute Gasteiger partial charge is 0.309 e. The van der Waals surface area contributed by atoms with Gasteiger partial charge in [0, 0.05) is 24.2 Å². The first-order valence-corrected chi connectivity index (χ1v) is 7.17. The van der Waals surface area contributed by atoms with E-state index in [1.54, 1.807) is 0 Å². The van der Waals surface area contributed by atoms with Gasteiger partial charge in [0.15, 0.2) is 0 Å². The van der Waals surface area contributed by atoms with Crippen molar-refractivity contribution in [1.82, 2.24) is 0 Å². The van der Waals surface area contributed by atoms with E-state index in [-0.39, 0.29) is 35.2 Å². The molecule has 18 heavy (non-hydrogen) atoms. The number of rotatable bonds is 0. The molecule has 1 aliphatic heterocycles. The second-order valence-corrected chi connectivity index (χ2v) is 6.83. The van der Waals surface area contributed by atoms with Gasteiger partial charge < -0.3 is 4.74 Å². The number of ether oxygens (including phenoxy) is 1. The van der Waals surface area contributed by atoms with Crippen molar-refractivity contribution in [1.29, 1.82) is 0 Å². The van der Waals surface area contributed by atoms with Crippen LogP contribution in [0.1, 0.15) is 46.5 Å². The van der Waals surface area contributed by atoms with Crippen LogP contribution in [-0.4, -0.2) is 17.9 Å². The summed E-state index contributed by atoms with van der Waals surface area (Å²) < 4.78 is 5.64. The normalized spacial score (nSPS) is 51.6. The molecule has 3 nitrogen and oxygen atoms in total. The van der Waals surface area contributed by atoms with Crippen LogP contribution in [0.4, 0.5) is 0 Å². The Balaban J connectivity index is 1.96. The zero-order valence-electron chi connectivity index (χ0n) is 11.4. The van der Waals surface area contributed by atoms with Crippen molar-refractivity contribution in [2.75, 3.05) is 0 Å². The number of carbonyl (C=O) groups is 2. The molecular weight excluding hydrogens is 228 g/mol. The molecule has 2 saturated carbocycles. The Labute approximate surface area is 108 Å². The lowest BCUT2D eigenvalue weighted by atomic mass is 9.53. The third-order valence-electron chi connectivity index (χ3n) is 5.88. The van der Waals surface area contributed by atoms with Gasteiger partial charge in [-0.2, -0.15) is 0 Å². The molecule has 0 aromatic carbocycles. The van der Waals surface area contributed by atoms with Gasteiger partial charge in [-0.05, 0) is 24.7 Å². The van der Waals surface area contributed by atoms with Gasteiger partial charge in [0.1, 0.15) is 11.9 Å². The summed E-state index contributed by atoms with van der Waals surface area (Å²) in [5.41, 5.74) is 0.193. The molecule has 0 aromatic heterocycles. The van der Waals surface area contributed by atoms with Gasteiger partial charge in [-0.1, -0.05) is 20.8 Å². The van der Waals surface area contributed by atoms with E-state index in [0.717, 1.165) is 19.3 Å². The van der Waals surface area contributed by atoms with Crippen LogP contribution in [-0.2, 0) is 14.3 Å². The summed E-state index contributed by atoms with van der Waals surface area (Å²) >= 11 is 0. The Morgan fingerprint density at radius 2 is 1.89 bits per heavy atom. The zero-order chi connectivity index (χ0) is 13.1. The Kier molecular flexibility index (Phi) is 2.58. The summed E-state index contributed by atoms with van der Waals surface area (Å²) in [6.07, 6.45) is 3.87. The van der Waals surface area contributed by atoms with Crippen LogP contribution in [0.5, 0.6) is 0 Å². The van der Waals surface area contributed by atoms with Crippen LogP contribution >= 0.6 is 0 Å². The molecule has 0 unspecified atom stereocenters. The van der Waals surface area contributed by atoms with E-state index in [9.17, 15) is 9.59 Å². The highest BCUT2D eigenvalue weighted by Crippen LogP contribution is 2.56. The predicted octanol–water partition coefficient (Wildman–Crippen LogP) is 2.58. The second-order valence-electron chi connectivity index (χ2n) is 6.83. The Bertz CT molecular complexity index is 403. The summed E-state index contributed by atoms with van der Waals surface area (Å²) in [4.78, 5) is 23.8. The van der Waals surface area contributed by atoms with Crippen LogP contribution in [0.15, 0.2) is 0 Å². The number of carbonyl (C=O) groups excluding carboxylic acids is 2. The first kappa shape index (κ1) is 12.2. The van der Waals surface area contributed by atoms with Gasteiger partial charge in [-0.15, -0.1) is 0 Å². The molecule has 3 aliphatic rings. The van der Waals surface area contributed by atoms with Crippen LogP contribution in [0.25, 0.3) is 0 Å². The van der Waals surface area contributed by atoms with Crippen LogP contribution in [0.2, 0.25) is 0 Å². The van der Waals surface area contributed by atoms with Gasteiger partial charge in [0.25, 0.3) is 0 Å². The fourth-order valence-corrected chi connectivity index (χ4v) is 4.62. The topological polar surface area (TPSA) is 43.4 Å². The van der Waals surface area contributed by atoms with Crippen molar-refractivity contribution in [3.05, 3.63) is 0 Å². The quantitative estimate of drug-likeness (QED) is 0.621. The van der Waals surface area contributed by atoms with Gasteiger partial charge in [-0.3, -0.25) is 9.59 Å². The fraction of sp³-hybridized carbons (Fsp3) is 0.867. The number of fused-ring (bicyclic) bond motifs is 3. The van der Waals surface area contributed by atoms with Crippen molar-refractivity contribution in [2.45, 2.75) is 52.6 Å². The molecular formula is C15H22O3. The minimum absolute atomic E-state index is 0.00880. The molecule has 2 aliphatic carbocycles. The average Bonchev–Trinajstić information content (AvgIpc) is 2.60. The lowest BCUT2D eigenvalue weighted by Crippen LogP contribution is -2.52. The van der Waals surface area contributed by atoms with E-state index >= 15 is 0 Å². The Hall–Kier alpha value is -0.860. The van der Waals surface area contributed by atoms with Crippen molar-refractivity contribution in [3.8, 4) is 0 Å². The fourth-order valence-electron chi connectivity index (χ4n) is 4.62. The molecule has 0 N–H and O–H groups in total. The maximum absolute atomic E-state index is 12.0. The SMILES string of the molecule is C[C@H]1C(=O)O[C@H]2[C@H]1CC[C@@]1(C)CCC(=O)[C@H](C)[C@@H]21. The minimum atomic E-state index is -0.0560. The summed E-state index contributed by atoms with van der Waals surface area (Å²) in [5, 5.41) is 0. The van der Waals surface area contributed by atoms with E-state index in [4.69, 9.17) is 4.74 Å². The number of hydrogen-bond acceptors (Lipinski definition) is 3. The molecule has 3 fully saturated rings. The monoisotopic (exact) mass is 250 g/mol. The summed E-state index contributed by atoms with van der Waals surface area (Å²) in [7, 11) is 0. The third-order valence-corrected chi connectivity index (χ3v) is 5.88. The third kappa shape index (κ3) is 1.49. The molecule has 1 heterocycles. The maximum atomic E-state index is 12.0. The first-order chi connectivity index (χ1) is 8.44.